The summed E-state index contributed by atoms with van der Waals surface area (Å²) < 4.78 is 1.67. The highest BCUT2D eigenvalue weighted by molar-refractivity contribution is 5.90. The molecule has 1 amide bonds. The molecule has 0 aliphatic heterocycles. The fourth-order valence-corrected chi connectivity index (χ4v) is 3.12. The monoisotopic (exact) mass is 430 g/mol. The molecule has 0 bridgehead atoms. The maximum Gasteiger partial charge on any atom is 0.225 e. The predicted octanol–water partition coefficient (Wildman–Crippen LogP) is 3.64. The summed E-state index contributed by atoms with van der Waals surface area (Å²) in [6, 6.07) is 17.2. The Hall–Kier alpha value is -3.88. The summed E-state index contributed by atoms with van der Waals surface area (Å²) in [6.45, 7) is 6.75. The minimum atomic E-state index is -0.158. The Morgan fingerprint density at radius 1 is 1.03 bits per heavy atom. The van der Waals surface area contributed by atoms with Gasteiger partial charge in [0.25, 0.3) is 0 Å². The van der Waals surface area contributed by atoms with Crippen LogP contribution in [-0.4, -0.2) is 40.9 Å². The van der Waals surface area contributed by atoms with Crippen LogP contribution in [0.1, 0.15) is 39.3 Å². The highest BCUT2D eigenvalue weighted by Crippen LogP contribution is 2.26. The zero-order valence-electron chi connectivity index (χ0n) is 18.4. The summed E-state index contributed by atoms with van der Waals surface area (Å²) in [6.07, 6.45) is 2.61. The largest absolute Gasteiger partial charge is 0.311 e. The van der Waals surface area contributed by atoms with Crippen LogP contribution in [0, 0.1) is 0 Å². The van der Waals surface area contributed by atoms with E-state index in [-0.39, 0.29) is 11.3 Å². The van der Waals surface area contributed by atoms with Crippen LogP contribution in [0.3, 0.4) is 0 Å². The molecule has 9 nitrogen and oxygen atoms in total. The number of benzene rings is 1. The number of hydrogen-bond acceptors (Lipinski definition) is 6. The van der Waals surface area contributed by atoms with Crippen molar-refractivity contribution in [3.63, 3.8) is 0 Å². The first kappa shape index (κ1) is 21.4. The first-order chi connectivity index (χ1) is 15.4. The van der Waals surface area contributed by atoms with Crippen molar-refractivity contribution in [3.8, 4) is 17.2 Å². The molecule has 0 aliphatic carbocycles. The van der Waals surface area contributed by atoms with Gasteiger partial charge in [0.05, 0.1) is 12.2 Å². The van der Waals surface area contributed by atoms with Gasteiger partial charge in [-0.25, -0.2) is 4.98 Å². The van der Waals surface area contributed by atoms with Crippen LogP contribution in [0.15, 0.2) is 60.8 Å². The van der Waals surface area contributed by atoms with Crippen LogP contribution < -0.4 is 5.32 Å². The van der Waals surface area contributed by atoms with E-state index < -0.39 is 0 Å². The number of carbonyl (C=O) groups excluding carboxylic acids is 1. The lowest BCUT2D eigenvalue weighted by Crippen LogP contribution is -2.16. The van der Waals surface area contributed by atoms with Crippen LogP contribution in [0.2, 0.25) is 0 Å². The Labute approximate surface area is 186 Å². The molecule has 0 spiro atoms. The highest BCUT2D eigenvalue weighted by atomic mass is 16.1. The lowest BCUT2D eigenvalue weighted by Gasteiger charge is -2.13. The Bertz CT molecular complexity index is 1180. The van der Waals surface area contributed by atoms with Crippen LogP contribution in [0.25, 0.3) is 17.2 Å². The smallest absolute Gasteiger partial charge is 0.225 e. The van der Waals surface area contributed by atoms with Crippen LogP contribution >= 0.6 is 0 Å². The second kappa shape index (κ2) is 9.09. The summed E-state index contributed by atoms with van der Waals surface area (Å²) in [7, 11) is 0. The summed E-state index contributed by atoms with van der Waals surface area (Å²) in [5.41, 5.74) is 1.63. The molecule has 0 fully saturated rings. The molecule has 4 rings (SSSR count). The molecule has 9 heteroatoms. The van der Waals surface area contributed by atoms with Gasteiger partial charge in [0, 0.05) is 29.7 Å². The molecule has 0 atom stereocenters. The third-order valence-corrected chi connectivity index (χ3v) is 4.86. The van der Waals surface area contributed by atoms with Gasteiger partial charge in [0.2, 0.25) is 11.7 Å². The van der Waals surface area contributed by atoms with Gasteiger partial charge in [-0.05, 0) is 23.8 Å². The maximum atomic E-state index is 12.6. The number of nitrogens with one attached hydrogen (secondary N) is 1. The predicted molar refractivity (Wildman–Crippen MR) is 121 cm³/mol. The molecule has 3 aromatic heterocycles. The zero-order valence-corrected chi connectivity index (χ0v) is 18.4. The molecule has 0 saturated carbocycles. The van der Waals surface area contributed by atoms with Crippen molar-refractivity contribution in [2.75, 3.05) is 5.32 Å². The third kappa shape index (κ3) is 5.05. The van der Waals surface area contributed by atoms with Gasteiger partial charge in [0.15, 0.2) is 5.82 Å². The number of hydrogen-bond donors (Lipinski definition) is 1. The van der Waals surface area contributed by atoms with E-state index in [1.165, 1.54) is 4.80 Å². The number of pyridine rings is 1. The average molecular weight is 431 g/mol. The number of nitrogens with zero attached hydrogens (tertiary/aromatic N) is 7. The van der Waals surface area contributed by atoms with E-state index in [9.17, 15) is 4.79 Å². The lowest BCUT2D eigenvalue weighted by atomic mass is 9.92. The molecule has 1 N–H and O–H groups in total. The van der Waals surface area contributed by atoms with Crippen LogP contribution in [0.5, 0.6) is 0 Å². The summed E-state index contributed by atoms with van der Waals surface area (Å²) in [5, 5.41) is 20.2. The number of aryl methyl sites for hydroxylation is 1. The molecule has 1 aromatic carbocycles. The van der Waals surface area contributed by atoms with Crippen molar-refractivity contribution >= 4 is 11.7 Å². The Morgan fingerprint density at radius 2 is 1.81 bits per heavy atom. The van der Waals surface area contributed by atoms with E-state index in [0.717, 1.165) is 11.3 Å². The van der Waals surface area contributed by atoms with E-state index >= 15 is 0 Å². The molecule has 0 unspecified atom stereocenters. The second-order valence-electron chi connectivity index (χ2n) is 8.49. The van der Waals surface area contributed by atoms with Gasteiger partial charge in [0.1, 0.15) is 5.82 Å². The van der Waals surface area contributed by atoms with E-state index in [1.54, 1.807) is 10.9 Å². The van der Waals surface area contributed by atoms with Gasteiger partial charge in [-0.3, -0.25) is 4.79 Å². The average Bonchev–Trinajstić information content (AvgIpc) is 3.42. The highest BCUT2D eigenvalue weighted by Gasteiger charge is 2.21. The molecule has 32 heavy (non-hydrogen) atoms. The Balaban J connectivity index is 1.39. The van der Waals surface area contributed by atoms with Gasteiger partial charge >= 0.3 is 0 Å². The Kier molecular flexibility index (Phi) is 6.07. The van der Waals surface area contributed by atoms with Gasteiger partial charge < -0.3 is 5.32 Å². The number of amides is 1. The molecule has 164 valence electrons. The number of anilines is 1. The van der Waals surface area contributed by atoms with E-state index in [0.29, 0.717) is 36.8 Å². The van der Waals surface area contributed by atoms with Crippen molar-refractivity contribution in [1.29, 1.82) is 0 Å². The molecule has 0 radical (unpaired) electrons. The maximum absolute atomic E-state index is 12.6. The SMILES string of the molecule is CC(C)(C)c1cc(NC(=O)CCCn2nnc(-c3ccccc3)n2)n(-c2ccccn2)n1. The van der Waals surface area contributed by atoms with Gasteiger partial charge in [-0.15, -0.1) is 10.2 Å². The van der Waals surface area contributed by atoms with Gasteiger partial charge in [-0.1, -0.05) is 57.2 Å². The molecular weight excluding hydrogens is 404 g/mol. The fourth-order valence-electron chi connectivity index (χ4n) is 3.12. The number of aromatic nitrogens is 7. The molecular formula is C23H26N8O. The summed E-state index contributed by atoms with van der Waals surface area (Å²) in [5.74, 6) is 1.72. The number of rotatable bonds is 7. The fraction of sp³-hybridized carbons (Fsp3) is 0.304. The van der Waals surface area contributed by atoms with Crippen molar-refractivity contribution in [2.24, 2.45) is 0 Å². The van der Waals surface area contributed by atoms with E-state index in [2.05, 4.69) is 51.6 Å². The number of carbonyl (C=O) groups is 1. The standard InChI is InChI=1S/C23H26N8O/c1-23(2,3)18-16-20(31(27-18)19-12-7-8-14-24-19)25-21(32)13-9-15-30-28-22(26-29-30)17-10-5-4-6-11-17/h4-8,10-12,14,16H,9,13,15H2,1-3H3,(H,25,32). The van der Waals surface area contributed by atoms with Crippen LogP contribution in [-0.2, 0) is 16.8 Å². The van der Waals surface area contributed by atoms with Crippen LogP contribution in [0.4, 0.5) is 5.82 Å². The Morgan fingerprint density at radius 3 is 2.53 bits per heavy atom. The van der Waals surface area contributed by atoms with Crippen molar-refractivity contribution in [3.05, 3.63) is 66.5 Å². The van der Waals surface area contributed by atoms with E-state index in [1.807, 2.05) is 54.6 Å². The normalized spacial score (nSPS) is 11.5. The molecule has 4 aromatic rings. The van der Waals surface area contributed by atoms with Crippen molar-refractivity contribution in [2.45, 2.75) is 45.6 Å². The van der Waals surface area contributed by atoms with Crippen molar-refractivity contribution < 1.29 is 4.79 Å². The topological polar surface area (TPSA) is 103 Å². The first-order valence-electron chi connectivity index (χ1n) is 10.6. The quantitative estimate of drug-likeness (QED) is 0.480. The summed E-state index contributed by atoms with van der Waals surface area (Å²) >= 11 is 0. The number of tetrazole rings is 1. The molecule has 0 saturated heterocycles. The minimum Gasteiger partial charge on any atom is -0.311 e. The van der Waals surface area contributed by atoms with Gasteiger partial charge in [-0.2, -0.15) is 14.6 Å². The minimum absolute atomic E-state index is 0.106. The lowest BCUT2D eigenvalue weighted by molar-refractivity contribution is -0.116. The molecule has 3 heterocycles. The first-order valence-corrected chi connectivity index (χ1v) is 10.6. The molecule has 0 aliphatic rings. The van der Waals surface area contributed by atoms with Crippen molar-refractivity contribution in [1.82, 2.24) is 35.0 Å². The third-order valence-electron chi connectivity index (χ3n) is 4.86. The van der Waals surface area contributed by atoms with E-state index in [4.69, 9.17) is 0 Å². The summed E-state index contributed by atoms with van der Waals surface area (Å²) in [4.78, 5) is 18.5. The zero-order chi connectivity index (χ0) is 22.6. The second-order valence-corrected chi connectivity index (χ2v) is 8.49.